The summed E-state index contributed by atoms with van der Waals surface area (Å²) in [6.07, 6.45) is 0. The molecule has 0 atom stereocenters. The Bertz CT molecular complexity index is 250. The molecule has 3 heteroatoms. The van der Waals surface area contributed by atoms with Crippen molar-refractivity contribution in [3.8, 4) is 0 Å². The van der Waals surface area contributed by atoms with E-state index < -0.39 is 0 Å². The van der Waals surface area contributed by atoms with Gasteiger partial charge in [0.15, 0.2) is 0 Å². The number of halogens is 2. The van der Waals surface area contributed by atoms with Gasteiger partial charge in [-0.3, -0.25) is 0 Å². The van der Waals surface area contributed by atoms with Crippen molar-refractivity contribution in [1.82, 2.24) is 0 Å². The van der Waals surface area contributed by atoms with Crippen LogP contribution in [0.2, 0.25) is 0 Å². The molecule has 1 N–H and O–H groups in total. The van der Waals surface area contributed by atoms with E-state index in [1.807, 2.05) is 6.07 Å². The number of hydrogen-bond donors (Lipinski definition) is 1. The molecule has 1 aromatic rings. The van der Waals surface area contributed by atoms with Gasteiger partial charge in [-0.1, -0.05) is 15.9 Å². The first-order valence-electron chi connectivity index (χ1n) is 3.28. The molecule has 0 radical (unpaired) electrons. The van der Waals surface area contributed by atoms with Crippen LogP contribution in [0.1, 0.15) is 5.56 Å². The summed E-state index contributed by atoms with van der Waals surface area (Å²) in [5.41, 5.74) is 1.42. The van der Waals surface area contributed by atoms with Crippen LogP contribution in [-0.2, 0) is 0 Å². The lowest BCUT2D eigenvalue weighted by Crippen LogP contribution is -1.91. The highest BCUT2D eigenvalue weighted by Crippen LogP contribution is 2.23. The van der Waals surface area contributed by atoms with Crippen molar-refractivity contribution >= 4 is 21.6 Å². The summed E-state index contributed by atoms with van der Waals surface area (Å²) in [5, 5.41) is 2.87. The molecule has 1 aromatic carbocycles. The average Bonchev–Trinajstić information content (AvgIpc) is 1.99. The zero-order chi connectivity index (χ0) is 8.43. The highest BCUT2D eigenvalue weighted by atomic mass is 79.9. The van der Waals surface area contributed by atoms with E-state index in [0.29, 0.717) is 5.56 Å². The predicted octanol–water partition coefficient (Wildman–Crippen LogP) is 2.94. The second kappa shape index (κ2) is 3.22. The second-order valence-corrected chi connectivity index (χ2v) is 3.17. The summed E-state index contributed by atoms with van der Waals surface area (Å²) in [6.45, 7) is 1.73. The first-order chi connectivity index (χ1) is 5.15. The summed E-state index contributed by atoms with van der Waals surface area (Å²) < 4.78 is 13.8. The van der Waals surface area contributed by atoms with Crippen molar-refractivity contribution in [3.63, 3.8) is 0 Å². The van der Waals surface area contributed by atoms with E-state index >= 15 is 0 Å². The smallest absolute Gasteiger partial charge is 0.129 e. The molecule has 1 rings (SSSR count). The van der Waals surface area contributed by atoms with E-state index in [2.05, 4.69) is 21.2 Å². The van der Waals surface area contributed by atoms with Gasteiger partial charge in [-0.05, 0) is 24.6 Å². The number of hydrogen-bond acceptors (Lipinski definition) is 1. The van der Waals surface area contributed by atoms with Crippen LogP contribution in [0.4, 0.5) is 10.1 Å². The molecule has 0 bridgehead atoms. The van der Waals surface area contributed by atoms with Gasteiger partial charge < -0.3 is 5.32 Å². The van der Waals surface area contributed by atoms with Gasteiger partial charge in [0.2, 0.25) is 0 Å². The summed E-state index contributed by atoms with van der Waals surface area (Å²) in [5.74, 6) is -0.191. The zero-order valence-electron chi connectivity index (χ0n) is 6.41. The normalized spacial score (nSPS) is 9.82. The van der Waals surface area contributed by atoms with E-state index in [1.54, 1.807) is 14.0 Å². The highest BCUT2D eigenvalue weighted by Gasteiger charge is 2.02. The van der Waals surface area contributed by atoms with Gasteiger partial charge in [0.1, 0.15) is 5.82 Å². The molecule has 11 heavy (non-hydrogen) atoms. The van der Waals surface area contributed by atoms with Crippen molar-refractivity contribution in [2.75, 3.05) is 12.4 Å². The van der Waals surface area contributed by atoms with Crippen LogP contribution in [-0.4, -0.2) is 7.05 Å². The van der Waals surface area contributed by atoms with Gasteiger partial charge in [-0.15, -0.1) is 0 Å². The second-order valence-electron chi connectivity index (χ2n) is 2.31. The first kappa shape index (κ1) is 8.53. The molecule has 0 saturated heterocycles. The minimum absolute atomic E-state index is 0.191. The molecule has 0 fully saturated rings. The third-order valence-corrected chi connectivity index (χ3v) is 2.39. The Balaban J connectivity index is 3.21. The van der Waals surface area contributed by atoms with Crippen molar-refractivity contribution in [2.24, 2.45) is 0 Å². The summed E-state index contributed by atoms with van der Waals surface area (Å²) in [4.78, 5) is 0. The predicted molar refractivity (Wildman–Crippen MR) is 48.4 cm³/mol. The number of rotatable bonds is 1. The maximum absolute atomic E-state index is 13.0. The van der Waals surface area contributed by atoms with Crippen LogP contribution in [0.25, 0.3) is 0 Å². The Hall–Kier alpha value is -0.570. The van der Waals surface area contributed by atoms with Crippen LogP contribution in [0.3, 0.4) is 0 Å². The fourth-order valence-electron chi connectivity index (χ4n) is 0.790. The van der Waals surface area contributed by atoms with Gasteiger partial charge in [-0.25, -0.2) is 4.39 Å². The Morgan fingerprint density at radius 1 is 1.45 bits per heavy atom. The zero-order valence-corrected chi connectivity index (χ0v) is 8.00. The maximum atomic E-state index is 13.0. The summed E-state index contributed by atoms with van der Waals surface area (Å²) in [6, 6.07) is 3.32. The Kier molecular flexibility index (Phi) is 2.49. The Morgan fingerprint density at radius 2 is 2.09 bits per heavy atom. The molecule has 0 aliphatic rings. The summed E-state index contributed by atoms with van der Waals surface area (Å²) in [7, 11) is 1.76. The van der Waals surface area contributed by atoms with Gasteiger partial charge in [0.05, 0.1) is 0 Å². The molecule has 1 nitrogen and oxygen atoms in total. The largest absolute Gasteiger partial charge is 0.388 e. The lowest BCUT2D eigenvalue weighted by atomic mass is 10.2. The minimum Gasteiger partial charge on any atom is -0.388 e. The Labute approximate surface area is 73.7 Å². The molecule has 0 aliphatic carbocycles. The van der Waals surface area contributed by atoms with Crippen LogP contribution in [0, 0.1) is 12.7 Å². The van der Waals surface area contributed by atoms with E-state index in [4.69, 9.17) is 0 Å². The van der Waals surface area contributed by atoms with E-state index in [1.165, 1.54) is 6.07 Å². The van der Waals surface area contributed by atoms with Crippen molar-refractivity contribution in [2.45, 2.75) is 6.92 Å². The lowest BCUT2D eigenvalue weighted by Gasteiger charge is -2.04. The number of nitrogens with one attached hydrogen (secondary N) is 1. The van der Waals surface area contributed by atoms with E-state index in [0.717, 1.165) is 10.2 Å². The molecular formula is C8H9BrFN. The third kappa shape index (κ3) is 1.71. The van der Waals surface area contributed by atoms with Crippen molar-refractivity contribution < 1.29 is 4.39 Å². The van der Waals surface area contributed by atoms with Crippen LogP contribution < -0.4 is 5.32 Å². The topological polar surface area (TPSA) is 12.0 Å². The minimum atomic E-state index is -0.191. The van der Waals surface area contributed by atoms with E-state index in [-0.39, 0.29) is 5.82 Å². The van der Waals surface area contributed by atoms with Gasteiger partial charge in [0, 0.05) is 17.2 Å². The molecule has 0 saturated carbocycles. The highest BCUT2D eigenvalue weighted by molar-refractivity contribution is 9.10. The van der Waals surface area contributed by atoms with Crippen molar-refractivity contribution in [3.05, 3.63) is 28.0 Å². The SMILES string of the molecule is CNc1cc(F)c(C)c(Br)c1. The molecule has 0 heterocycles. The lowest BCUT2D eigenvalue weighted by molar-refractivity contribution is 0.618. The number of anilines is 1. The van der Waals surface area contributed by atoms with E-state index in [9.17, 15) is 4.39 Å². The fraction of sp³-hybridized carbons (Fsp3) is 0.250. The third-order valence-electron chi connectivity index (χ3n) is 1.57. The Morgan fingerprint density at radius 3 is 2.55 bits per heavy atom. The van der Waals surface area contributed by atoms with Gasteiger partial charge in [-0.2, -0.15) is 0 Å². The number of benzene rings is 1. The standard InChI is InChI=1S/C8H9BrFN/c1-5-7(9)3-6(11-2)4-8(5)10/h3-4,11H,1-2H3. The first-order valence-corrected chi connectivity index (χ1v) is 4.08. The molecular weight excluding hydrogens is 209 g/mol. The van der Waals surface area contributed by atoms with Crippen LogP contribution in [0.5, 0.6) is 0 Å². The molecule has 0 amide bonds. The van der Waals surface area contributed by atoms with Gasteiger partial charge >= 0.3 is 0 Å². The van der Waals surface area contributed by atoms with Gasteiger partial charge in [0.25, 0.3) is 0 Å². The van der Waals surface area contributed by atoms with Crippen LogP contribution in [0.15, 0.2) is 16.6 Å². The maximum Gasteiger partial charge on any atom is 0.129 e. The molecule has 0 unspecified atom stereocenters. The van der Waals surface area contributed by atoms with Crippen LogP contribution >= 0.6 is 15.9 Å². The molecule has 0 aromatic heterocycles. The monoisotopic (exact) mass is 217 g/mol. The van der Waals surface area contributed by atoms with Crippen molar-refractivity contribution in [1.29, 1.82) is 0 Å². The quantitative estimate of drug-likeness (QED) is 0.764. The summed E-state index contributed by atoms with van der Waals surface area (Å²) >= 11 is 3.26. The molecule has 0 aliphatic heterocycles. The molecule has 60 valence electrons. The molecule has 0 spiro atoms. The average molecular weight is 218 g/mol. The fourth-order valence-corrected chi connectivity index (χ4v) is 1.23.